The van der Waals surface area contributed by atoms with Crippen LogP contribution >= 0.6 is 11.6 Å². The summed E-state index contributed by atoms with van der Waals surface area (Å²) in [7, 11) is 0. The molecule has 0 bridgehead atoms. The Labute approximate surface area is 174 Å². The molecule has 148 valence electrons. The maximum atomic E-state index is 13.3. The van der Waals surface area contributed by atoms with Crippen molar-refractivity contribution in [1.82, 2.24) is 4.90 Å². The van der Waals surface area contributed by atoms with Gasteiger partial charge in [-0.1, -0.05) is 54.1 Å². The molecule has 3 aromatic rings. The fraction of sp³-hybridized carbons (Fsp3) is 0.174. The minimum Gasteiger partial charge on any atom is -0.503 e. The van der Waals surface area contributed by atoms with Crippen molar-refractivity contribution in [3.8, 4) is 11.5 Å². The molecule has 0 unspecified atom stereocenters. The molecule has 1 amide bonds. The first-order valence-electron chi connectivity index (χ1n) is 9.44. The maximum absolute atomic E-state index is 13.3. The number of para-hydroxylation sites is 1. The second-order valence-corrected chi connectivity index (χ2v) is 7.20. The van der Waals surface area contributed by atoms with Gasteiger partial charge in [0.2, 0.25) is 0 Å². The van der Waals surface area contributed by atoms with Gasteiger partial charge in [-0.3, -0.25) is 4.79 Å². The molecule has 29 heavy (non-hydrogen) atoms. The first kappa shape index (κ1) is 19.2. The van der Waals surface area contributed by atoms with Crippen molar-refractivity contribution in [2.24, 2.45) is 0 Å². The van der Waals surface area contributed by atoms with Gasteiger partial charge < -0.3 is 20.1 Å². The number of halogens is 1. The van der Waals surface area contributed by atoms with Crippen LogP contribution in [-0.2, 0) is 6.54 Å². The molecule has 3 aromatic carbocycles. The van der Waals surface area contributed by atoms with Crippen molar-refractivity contribution in [2.45, 2.75) is 19.6 Å². The number of hydrogen-bond acceptors (Lipinski definition) is 4. The largest absolute Gasteiger partial charge is 0.503 e. The average molecular weight is 409 g/mol. The van der Waals surface area contributed by atoms with E-state index in [1.54, 1.807) is 17.0 Å². The third-order valence-corrected chi connectivity index (χ3v) is 5.17. The summed E-state index contributed by atoms with van der Waals surface area (Å²) >= 11 is 6.26. The molecule has 0 aliphatic carbocycles. The van der Waals surface area contributed by atoms with E-state index in [9.17, 15) is 9.90 Å². The van der Waals surface area contributed by atoms with Crippen molar-refractivity contribution in [3.63, 3.8) is 0 Å². The van der Waals surface area contributed by atoms with Gasteiger partial charge in [0.15, 0.2) is 11.5 Å². The first-order valence-corrected chi connectivity index (χ1v) is 9.82. The fourth-order valence-corrected chi connectivity index (χ4v) is 3.74. The van der Waals surface area contributed by atoms with Gasteiger partial charge in [-0.15, -0.1) is 0 Å². The lowest BCUT2D eigenvalue weighted by molar-refractivity contribution is 0.0666. The SMILES string of the molecule is CCOc1cc([C@H]2Nc3ccccc3C(=O)N2Cc2ccccc2)cc(Cl)c1O. The predicted molar refractivity (Wildman–Crippen MR) is 113 cm³/mol. The van der Waals surface area contributed by atoms with Crippen molar-refractivity contribution in [2.75, 3.05) is 11.9 Å². The standard InChI is InChI=1S/C23H21ClN2O3/c1-2-29-20-13-16(12-18(24)21(20)27)22-25-19-11-7-6-10-17(19)23(28)26(22)14-15-8-4-3-5-9-15/h3-13,22,25,27H,2,14H2,1H3/t22-/m0/s1. The normalized spacial score (nSPS) is 15.6. The summed E-state index contributed by atoms with van der Waals surface area (Å²) < 4.78 is 5.53. The van der Waals surface area contributed by atoms with Crippen LogP contribution in [0.5, 0.6) is 11.5 Å². The fourth-order valence-electron chi connectivity index (χ4n) is 3.52. The minimum atomic E-state index is -0.463. The molecule has 1 aliphatic heterocycles. The van der Waals surface area contributed by atoms with E-state index < -0.39 is 6.17 Å². The van der Waals surface area contributed by atoms with Gasteiger partial charge in [0.05, 0.1) is 17.2 Å². The van der Waals surface area contributed by atoms with E-state index >= 15 is 0 Å². The van der Waals surface area contributed by atoms with E-state index in [-0.39, 0.29) is 16.7 Å². The van der Waals surface area contributed by atoms with E-state index in [1.807, 2.05) is 61.5 Å². The Hall–Kier alpha value is -3.18. The summed E-state index contributed by atoms with van der Waals surface area (Å²) in [5, 5.41) is 13.8. The molecular weight excluding hydrogens is 388 g/mol. The number of nitrogens with zero attached hydrogens (tertiary/aromatic N) is 1. The lowest BCUT2D eigenvalue weighted by atomic mass is 10.0. The molecule has 5 nitrogen and oxygen atoms in total. The van der Waals surface area contributed by atoms with Gasteiger partial charge in [-0.05, 0) is 36.8 Å². The number of phenolic OH excluding ortho intramolecular Hbond substituents is 1. The summed E-state index contributed by atoms with van der Waals surface area (Å²) in [5.41, 5.74) is 3.13. The maximum Gasteiger partial charge on any atom is 0.258 e. The molecule has 6 heteroatoms. The molecule has 1 heterocycles. The number of ether oxygens (including phenoxy) is 1. The highest BCUT2D eigenvalue weighted by Gasteiger charge is 2.33. The number of carbonyl (C=O) groups is 1. The summed E-state index contributed by atoms with van der Waals surface area (Å²) in [6.07, 6.45) is -0.463. The van der Waals surface area contributed by atoms with Crippen LogP contribution in [0, 0.1) is 0 Å². The quantitative estimate of drug-likeness (QED) is 0.608. The number of aromatic hydroxyl groups is 1. The van der Waals surface area contributed by atoms with Crippen molar-refractivity contribution >= 4 is 23.2 Å². The molecule has 2 N–H and O–H groups in total. The highest BCUT2D eigenvalue weighted by Crippen LogP contribution is 2.41. The molecule has 0 saturated heterocycles. The zero-order valence-electron chi connectivity index (χ0n) is 15.9. The lowest BCUT2D eigenvalue weighted by Crippen LogP contribution is -2.42. The molecule has 0 radical (unpaired) electrons. The van der Waals surface area contributed by atoms with E-state index in [4.69, 9.17) is 16.3 Å². The average Bonchev–Trinajstić information content (AvgIpc) is 2.74. The first-order chi connectivity index (χ1) is 14.1. The van der Waals surface area contributed by atoms with Gasteiger partial charge in [-0.2, -0.15) is 0 Å². The van der Waals surface area contributed by atoms with Crippen LogP contribution in [0.25, 0.3) is 0 Å². The summed E-state index contributed by atoms with van der Waals surface area (Å²) in [4.78, 5) is 15.1. The zero-order valence-corrected chi connectivity index (χ0v) is 16.7. The number of carbonyl (C=O) groups excluding carboxylic acids is 1. The summed E-state index contributed by atoms with van der Waals surface area (Å²) in [5.74, 6) is 0.118. The van der Waals surface area contributed by atoms with E-state index in [0.717, 1.165) is 16.8 Å². The Morgan fingerprint density at radius 2 is 1.83 bits per heavy atom. The van der Waals surface area contributed by atoms with Crippen LogP contribution in [0.3, 0.4) is 0 Å². The molecule has 4 rings (SSSR count). The van der Waals surface area contributed by atoms with Crippen molar-refractivity contribution in [3.05, 3.63) is 88.4 Å². The van der Waals surface area contributed by atoms with Crippen LogP contribution in [0.1, 0.15) is 34.6 Å². The second-order valence-electron chi connectivity index (χ2n) is 6.79. The van der Waals surface area contributed by atoms with E-state index in [1.165, 1.54) is 0 Å². The summed E-state index contributed by atoms with van der Waals surface area (Å²) in [6.45, 7) is 2.65. The van der Waals surface area contributed by atoms with Crippen molar-refractivity contribution in [1.29, 1.82) is 0 Å². The Balaban J connectivity index is 1.79. The monoisotopic (exact) mass is 408 g/mol. The van der Waals surface area contributed by atoms with Gasteiger partial charge >= 0.3 is 0 Å². The third kappa shape index (κ3) is 3.74. The Kier molecular flexibility index (Phi) is 5.32. The second kappa shape index (κ2) is 8.05. The Morgan fingerprint density at radius 3 is 2.59 bits per heavy atom. The van der Waals surface area contributed by atoms with Crippen molar-refractivity contribution < 1.29 is 14.6 Å². The molecule has 1 atom stereocenters. The van der Waals surface area contributed by atoms with Crippen LogP contribution in [0.4, 0.5) is 5.69 Å². The molecular formula is C23H21ClN2O3. The van der Waals surface area contributed by atoms with Gasteiger partial charge in [0, 0.05) is 17.8 Å². The van der Waals surface area contributed by atoms with Crippen LogP contribution in [-0.4, -0.2) is 22.5 Å². The Bertz CT molecular complexity index is 1040. The number of benzene rings is 3. The van der Waals surface area contributed by atoms with Gasteiger partial charge in [-0.25, -0.2) is 0 Å². The molecule has 0 spiro atoms. The highest BCUT2D eigenvalue weighted by molar-refractivity contribution is 6.32. The van der Waals surface area contributed by atoms with Gasteiger partial charge in [0.25, 0.3) is 5.91 Å². The number of amides is 1. The van der Waals surface area contributed by atoms with Gasteiger partial charge in [0.1, 0.15) is 6.17 Å². The molecule has 0 aromatic heterocycles. The van der Waals surface area contributed by atoms with Crippen LogP contribution in [0.2, 0.25) is 5.02 Å². The minimum absolute atomic E-state index is 0.0737. The zero-order chi connectivity index (χ0) is 20.4. The summed E-state index contributed by atoms with van der Waals surface area (Å²) in [6, 6.07) is 20.6. The predicted octanol–water partition coefficient (Wildman–Crippen LogP) is 5.21. The molecule has 0 saturated carbocycles. The smallest absolute Gasteiger partial charge is 0.258 e. The topological polar surface area (TPSA) is 61.8 Å². The number of anilines is 1. The Morgan fingerprint density at radius 1 is 1.10 bits per heavy atom. The van der Waals surface area contributed by atoms with Crippen LogP contribution < -0.4 is 10.1 Å². The molecule has 1 aliphatic rings. The van der Waals surface area contributed by atoms with E-state index in [2.05, 4.69) is 5.32 Å². The number of phenols is 1. The lowest BCUT2D eigenvalue weighted by Gasteiger charge is -2.38. The number of hydrogen-bond donors (Lipinski definition) is 2. The number of nitrogens with one attached hydrogen (secondary N) is 1. The molecule has 0 fully saturated rings. The van der Waals surface area contributed by atoms with E-state index in [0.29, 0.717) is 24.5 Å². The highest BCUT2D eigenvalue weighted by atomic mass is 35.5. The number of rotatable bonds is 5. The van der Waals surface area contributed by atoms with Crippen LogP contribution in [0.15, 0.2) is 66.7 Å². The number of fused-ring (bicyclic) bond motifs is 1. The third-order valence-electron chi connectivity index (χ3n) is 4.88.